The molecule has 0 radical (unpaired) electrons. The summed E-state index contributed by atoms with van der Waals surface area (Å²) in [6.45, 7) is 0. The highest BCUT2D eigenvalue weighted by Gasteiger charge is 2.19. The summed E-state index contributed by atoms with van der Waals surface area (Å²) < 4.78 is 11.2. The third-order valence-electron chi connectivity index (χ3n) is 9.21. The Morgan fingerprint density at radius 2 is 1.16 bits per heavy atom. The molecule has 0 aliphatic carbocycles. The van der Waals surface area contributed by atoms with Gasteiger partial charge < -0.3 is 8.98 Å². The second-order valence-corrected chi connectivity index (χ2v) is 12.7. The maximum Gasteiger partial charge on any atom is 0.135 e. The van der Waals surface area contributed by atoms with Crippen molar-refractivity contribution in [1.82, 2.24) is 4.57 Å². The van der Waals surface area contributed by atoms with E-state index >= 15 is 0 Å². The summed E-state index contributed by atoms with van der Waals surface area (Å²) in [6, 6.07) is 54.7. The molecule has 210 valence electrons. The molecule has 3 heterocycles. The van der Waals surface area contributed by atoms with Crippen molar-refractivity contribution < 1.29 is 4.42 Å². The van der Waals surface area contributed by atoms with E-state index in [0.717, 1.165) is 21.9 Å². The molecule has 45 heavy (non-hydrogen) atoms. The van der Waals surface area contributed by atoms with Crippen molar-refractivity contribution in [3.05, 3.63) is 152 Å². The first-order chi connectivity index (χ1) is 22.3. The number of para-hydroxylation sites is 2. The van der Waals surface area contributed by atoms with Crippen LogP contribution in [0.25, 0.3) is 91.9 Å². The first-order valence-electron chi connectivity index (χ1n) is 15.3. The van der Waals surface area contributed by atoms with Crippen LogP contribution in [0, 0.1) is 0 Å². The number of furan rings is 1. The quantitative estimate of drug-likeness (QED) is 0.200. The summed E-state index contributed by atoms with van der Waals surface area (Å²) in [5.41, 5.74) is 10.4. The van der Waals surface area contributed by atoms with E-state index < -0.39 is 0 Å². The topological polar surface area (TPSA) is 18.1 Å². The molecule has 7 aromatic carbocycles. The highest BCUT2D eigenvalue weighted by molar-refractivity contribution is 7.26. The van der Waals surface area contributed by atoms with Gasteiger partial charge in [0.25, 0.3) is 0 Å². The molecule has 0 saturated heterocycles. The first-order valence-corrected chi connectivity index (χ1v) is 16.1. The van der Waals surface area contributed by atoms with Crippen LogP contribution in [-0.4, -0.2) is 4.57 Å². The Kier molecular flexibility index (Phi) is 5.19. The van der Waals surface area contributed by atoms with Crippen LogP contribution in [-0.2, 0) is 0 Å². The summed E-state index contributed by atoms with van der Waals surface area (Å²) in [5, 5.41) is 7.43. The summed E-state index contributed by atoms with van der Waals surface area (Å²) in [5.74, 6) is 0. The molecule has 0 aliphatic rings. The average molecular weight is 592 g/mol. The number of rotatable bonds is 3. The van der Waals surface area contributed by atoms with Crippen LogP contribution >= 0.6 is 11.3 Å². The number of nitrogens with zero attached hydrogens (tertiary/aromatic N) is 1. The Hall–Kier alpha value is -5.64. The van der Waals surface area contributed by atoms with E-state index in [1.807, 2.05) is 23.5 Å². The van der Waals surface area contributed by atoms with Gasteiger partial charge in [0.1, 0.15) is 11.2 Å². The molecule has 0 N–H and O–H groups in total. The Morgan fingerprint density at radius 3 is 2.09 bits per heavy atom. The summed E-state index contributed by atoms with van der Waals surface area (Å²) in [7, 11) is 0. The molecule has 10 aromatic rings. The van der Waals surface area contributed by atoms with E-state index in [2.05, 4.69) is 144 Å². The number of hydrogen-bond donors (Lipinski definition) is 0. The van der Waals surface area contributed by atoms with Crippen molar-refractivity contribution in [2.45, 2.75) is 0 Å². The first kappa shape index (κ1) is 24.8. The van der Waals surface area contributed by atoms with Gasteiger partial charge in [-0.15, -0.1) is 11.3 Å². The summed E-state index contributed by atoms with van der Waals surface area (Å²) >= 11 is 1.88. The monoisotopic (exact) mass is 591 g/mol. The molecule has 0 fully saturated rings. The molecular formula is C42H25NOS. The lowest BCUT2D eigenvalue weighted by Crippen LogP contribution is -1.93. The van der Waals surface area contributed by atoms with Crippen LogP contribution in [0.5, 0.6) is 0 Å². The predicted molar refractivity (Wildman–Crippen MR) is 192 cm³/mol. The molecule has 0 saturated carbocycles. The Bertz CT molecular complexity index is 2760. The average Bonchev–Trinajstić information content (AvgIpc) is 3.77. The zero-order chi connectivity index (χ0) is 29.5. The van der Waals surface area contributed by atoms with E-state index in [-0.39, 0.29) is 0 Å². The van der Waals surface area contributed by atoms with Gasteiger partial charge >= 0.3 is 0 Å². The molecule has 2 nitrogen and oxygen atoms in total. The largest absolute Gasteiger partial charge is 0.456 e. The third kappa shape index (κ3) is 3.62. The Balaban J connectivity index is 1.22. The molecule has 10 rings (SSSR count). The molecule has 3 heteroatoms. The summed E-state index contributed by atoms with van der Waals surface area (Å²) in [6.07, 6.45) is 0. The molecule has 0 atom stereocenters. The molecule has 0 spiro atoms. The fraction of sp³-hybridized carbons (Fsp3) is 0. The smallest absolute Gasteiger partial charge is 0.135 e. The number of thiophene rings is 1. The lowest BCUT2D eigenvalue weighted by Gasteiger charge is -2.10. The minimum Gasteiger partial charge on any atom is -0.456 e. The third-order valence-corrected chi connectivity index (χ3v) is 10.4. The van der Waals surface area contributed by atoms with Crippen LogP contribution < -0.4 is 0 Å². The van der Waals surface area contributed by atoms with E-state index in [0.29, 0.717) is 0 Å². The molecular weight excluding hydrogens is 567 g/mol. The highest BCUT2D eigenvalue weighted by atomic mass is 32.1. The van der Waals surface area contributed by atoms with Gasteiger partial charge in [-0.05, 0) is 70.8 Å². The number of benzene rings is 7. The van der Waals surface area contributed by atoms with Crippen LogP contribution in [0.2, 0.25) is 0 Å². The predicted octanol–water partition coefficient (Wildman–Crippen LogP) is 12.4. The Morgan fingerprint density at radius 1 is 0.444 bits per heavy atom. The zero-order valence-corrected chi connectivity index (χ0v) is 25.0. The molecule has 3 aromatic heterocycles. The van der Waals surface area contributed by atoms with E-state index in [1.165, 1.54) is 69.9 Å². The van der Waals surface area contributed by atoms with E-state index in [4.69, 9.17) is 4.42 Å². The minimum atomic E-state index is 0.923. The summed E-state index contributed by atoms with van der Waals surface area (Å²) in [4.78, 5) is 0. The van der Waals surface area contributed by atoms with Crippen molar-refractivity contribution in [1.29, 1.82) is 0 Å². The van der Waals surface area contributed by atoms with Crippen molar-refractivity contribution in [2.75, 3.05) is 0 Å². The van der Waals surface area contributed by atoms with Crippen molar-refractivity contribution in [2.24, 2.45) is 0 Å². The SMILES string of the molecule is c1ccc(-c2ccc3c(c2)c2ccccc2n3-c2cccc3c2sc2cccc(-c4ccc5oc6ccccc6c5c4)c23)cc1. The van der Waals surface area contributed by atoms with Gasteiger partial charge in [-0.1, -0.05) is 103 Å². The van der Waals surface area contributed by atoms with Crippen molar-refractivity contribution in [3.8, 4) is 27.9 Å². The maximum atomic E-state index is 6.15. The Labute approximate surface area is 263 Å². The van der Waals surface area contributed by atoms with Crippen LogP contribution in [0.3, 0.4) is 0 Å². The number of fused-ring (bicyclic) bond motifs is 9. The standard InChI is InChI=1S/C42H25NOS/c1-2-10-26(11-3-1)27-20-22-36-33(24-27)30-12-4-6-16-35(30)43(36)37-17-8-15-32-41-29(14-9-19-40(41)45-42(32)37)28-21-23-39-34(25-28)31-13-5-7-18-38(31)44-39/h1-25H. The fourth-order valence-corrected chi connectivity index (χ4v) is 8.42. The van der Waals surface area contributed by atoms with Crippen LogP contribution in [0.15, 0.2) is 156 Å². The highest BCUT2D eigenvalue weighted by Crippen LogP contribution is 2.45. The zero-order valence-electron chi connectivity index (χ0n) is 24.2. The van der Waals surface area contributed by atoms with Gasteiger partial charge in [0.15, 0.2) is 0 Å². The van der Waals surface area contributed by atoms with Gasteiger partial charge in [0.05, 0.1) is 21.4 Å². The number of hydrogen-bond acceptors (Lipinski definition) is 2. The van der Waals surface area contributed by atoms with Gasteiger partial charge in [-0.3, -0.25) is 0 Å². The molecule has 0 aliphatic heterocycles. The van der Waals surface area contributed by atoms with Crippen molar-refractivity contribution in [3.63, 3.8) is 0 Å². The fourth-order valence-electron chi connectivity index (χ4n) is 7.19. The van der Waals surface area contributed by atoms with Gasteiger partial charge in [0, 0.05) is 37.0 Å². The molecule has 0 bridgehead atoms. The number of aromatic nitrogens is 1. The van der Waals surface area contributed by atoms with Gasteiger partial charge in [-0.25, -0.2) is 0 Å². The maximum absolute atomic E-state index is 6.15. The van der Waals surface area contributed by atoms with Gasteiger partial charge in [0.2, 0.25) is 0 Å². The van der Waals surface area contributed by atoms with Gasteiger partial charge in [-0.2, -0.15) is 0 Å². The normalized spacial score (nSPS) is 12.0. The second kappa shape index (κ2) is 9.43. The van der Waals surface area contributed by atoms with Crippen LogP contribution in [0.4, 0.5) is 0 Å². The molecule has 0 unspecified atom stereocenters. The van der Waals surface area contributed by atoms with Crippen LogP contribution in [0.1, 0.15) is 0 Å². The second-order valence-electron chi connectivity index (χ2n) is 11.7. The van der Waals surface area contributed by atoms with E-state index in [1.54, 1.807) is 0 Å². The van der Waals surface area contributed by atoms with Crippen molar-refractivity contribution >= 4 is 75.3 Å². The van der Waals surface area contributed by atoms with E-state index in [9.17, 15) is 0 Å². The molecule has 0 amide bonds. The minimum absolute atomic E-state index is 0.923. The lowest BCUT2D eigenvalue weighted by atomic mass is 9.98. The lowest BCUT2D eigenvalue weighted by molar-refractivity contribution is 0.669.